The zero-order valence-corrected chi connectivity index (χ0v) is 38.3. The Labute approximate surface area is 303 Å². The molecule has 0 aliphatic heterocycles. The van der Waals surface area contributed by atoms with Crippen LogP contribution in [-0.2, 0) is 36.6 Å². The van der Waals surface area contributed by atoms with Crippen LogP contribution in [0.15, 0.2) is 24.3 Å². The molecule has 0 atom stereocenters. The van der Waals surface area contributed by atoms with E-state index in [0.717, 1.165) is 0 Å². The predicted molar refractivity (Wildman–Crippen MR) is 219 cm³/mol. The van der Waals surface area contributed by atoms with Crippen LogP contribution in [0.5, 0.6) is 0 Å². The standard InChI is InChI=1S/C38H58Br2OP2Si2/c1-33(2,3)23-19-25(35(7,8)9)29(26(20-23)36(10,11)12)42-31(39)44-41-45-32(40)43-30-27(37(13,14)15)21-24(34(4,5)6)22-28(30)38(16,17)18/h19-22H,1-18H3. The minimum Gasteiger partial charge on any atom is -0.449 e. The quantitative estimate of drug-likeness (QED) is 0.209. The van der Waals surface area contributed by atoms with Crippen molar-refractivity contribution in [2.45, 2.75) is 157 Å². The van der Waals surface area contributed by atoms with Gasteiger partial charge in [-0.1, -0.05) is 197 Å². The highest BCUT2D eigenvalue weighted by Gasteiger charge is 2.30. The molecule has 1 nitrogen and oxygen atoms in total. The van der Waals surface area contributed by atoms with Gasteiger partial charge in [-0.25, -0.2) is 0 Å². The lowest BCUT2D eigenvalue weighted by Crippen LogP contribution is -2.30. The van der Waals surface area contributed by atoms with Crippen molar-refractivity contribution in [3.8, 4) is 0 Å². The first kappa shape index (κ1) is 41.3. The molecule has 0 aliphatic rings. The van der Waals surface area contributed by atoms with Gasteiger partial charge in [0.15, 0.2) is 0 Å². The number of halogens is 2. The number of hydrogen-bond donors (Lipinski definition) is 0. The summed E-state index contributed by atoms with van der Waals surface area (Å²) in [6.45, 7) is 42.0. The van der Waals surface area contributed by atoms with Crippen LogP contribution in [0.1, 0.15) is 158 Å². The van der Waals surface area contributed by atoms with Gasteiger partial charge in [0.2, 0.25) is 0 Å². The molecule has 0 unspecified atom stereocenters. The predicted octanol–water partition coefficient (Wildman–Crippen LogP) is 11.5. The summed E-state index contributed by atoms with van der Waals surface area (Å²) in [5, 5.41) is 2.83. The summed E-state index contributed by atoms with van der Waals surface area (Å²) in [7, 11) is 2.93. The van der Waals surface area contributed by atoms with Gasteiger partial charge in [-0.15, -0.1) is 0 Å². The van der Waals surface area contributed by atoms with Crippen molar-refractivity contribution in [2.75, 3.05) is 0 Å². The van der Waals surface area contributed by atoms with E-state index in [4.69, 9.17) is 4.12 Å². The van der Waals surface area contributed by atoms with E-state index in [1.165, 1.54) is 68.1 Å². The van der Waals surface area contributed by atoms with Crippen molar-refractivity contribution < 1.29 is 4.12 Å². The van der Waals surface area contributed by atoms with E-state index in [1.807, 2.05) is 0 Å². The molecule has 0 fully saturated rings. The molecule has 0 heterocycles. The van der Waals surface area contributed by atoms with E-state index in [1.54, 1.807) is 0 Å². The molecule has 0 aliphatic carbocycles. The van der Waals surface area contributed by atoms with Crippen molar-refractivity contribution >= 4 is 86.1 Å². The molecule has 7 heteroatoms. The van der Waals surface area contributed by atoms with Crippen LogP contribution in [0.2, 0.25) is 0 Å². The van der Waals surface area contributed by atoms with E-state index in [9.17, 15) is 0 Å². The van der Waals surface area contributed by atoms with Gasteiger partial charge < -0.3 is 4.12 Å². The Hall–Kier alpha value is 0.134. The first-order chi connectivity index (χ1) is 19.9. The fraction of sp³-hybridized carbons (Fsp3) is 0.632. The molecule has 0 saturated carbocycles. The second kappa shape index (κ2) is 14.5. The normalized spacial score (nSPS) is 14.8. The fourth-order valence-electron chi connectivity index (χ4n) is 5.01. The van der Waals surface area contributed by atoms with E-state index < -0.39 is 0 Å². The van der Waals surface area contributed by atoms with Crippen molar-refractivity contribution in [3.05, 3.63) is 57.6 Å². The Bertz CT molecular complexity index is 1250. The highest BCUT2D eigenvalue weighted by Crippen LogP contribution is 2.37. The van der Waals surface area contributed by atoms with Crippen LogP contribution < -0.4 is 10.6 Å². The second-order valence-corrected chi connectivity index (χ2v) is 28.0. The van der Waals surface area contributed by atoms with Crippen molar-refractivity contribution in [1.82, 2.24) is 0 Å². The molecule has 0 aromatic heterocycles. The maximum Gasteiger partial charge on any atom is 0.270 e. The van der Waals surface area contributed by atoms with Crippen LogP contribution in [0, 0.1) is 0 Å². The SMILES string of the molecule is CC(C)(C)c1cc(C(C)(C)C)c(P=C(Br)[Si]O[Si]C(Br)=Pc2c(C(C)(C)C)cc(C(C)(C)C)cc2C(C)(C)C)c(C(C)(C)C)c1. The molecule has 0 saturated heterocycles. The molecule has 2 rings (SSSR count). The molecule has 0 N–H and O–H groups in total. The van der Waals surface area contributed by atoms with Gasteiger partial charge in [0.1, 0.15) is 0 Å². The van der Waals surface area contributed by atoms with Gasteiger partial charge >= 0.3 is 0 Å². The Kier molecular flexibility index (Phi) is 13.4. The smallest absolute Gasteiger partial charge is 0.270 e. The first-order valence-electron chi connectivity index (χ1n) is 16.0. The molecule has 4 radical (unpaired) electrons. The van der Waals surface area contributed by atoms with E-state index in [0.29, 0.717) is 0 Å². The molecule has 2 aromatic rings. The maximum atomic E-state index is 6.43. The maximum absolute atomic E-state index is 6.43. The Balaban J connectivity index is 2.53. The van der Waals surface area contributed by atoms with E-state index >= 15 is 0 Å². The molecule has 2 aromatic carbocycles. The van der Waals surface area contributed by atoms with Gasteiger partial charge in [-0.2, -0.15) is 0 Å². The summed E-state index contributed by atoms with van der Waals surface area (Å²) >= 11 is 7.93. The Morgan fingerprint density at radius 2 is 0.667 bits per heavy atom. The highest BCUT2D eigenvalue weighted by molar-refractivity contribution is 9.20. The number of rotatable bonds is 6. The van der Waals surface area contributed by atoms with Crippen LogP contribution in [0.4, 0.5) is 0 Å². The van der Waals surface area contributed by atoms with Gasteiger partial charge in [0.25, 0.3) is 19.5 Å². The summed E-state index contributed by atoms with van der Waals surface area (Å²) < 4.78 is 8.81. The lowest BCUT2D eigenvalue weighted by Gasteiger charge is -2.32. The van der Waals surface area contributed by atoms with Gasteiger partial charge in [0.05, 0.1) is 0 Å². The summed E-state index contributed by atoms with van der Waals surface area (Å²) in [6, 6.07) is 9.82. The molecule has 248 valence electrons. The lowest BCUT2D eigenvalue weighted by molar-refractivity contribution is 0.553. The van der Waals surface area contributed by atoms with Crippen LogP contribution in [0.3, 0.4) is 0 Å². The average Bonchev–Trinajstić information content (AvgIpc) is 2.79. The molecule has 45 heavy (non-hydrogen) atoms. The van der Waals surface area contributed by atoms with Gasteiger partial charge in [0, 0.05) is 18.3 Å². The zero-order chi connectivity index (χ0) is 35.1. The van der Waals surface area contributed by atoms with Crippen molar-refractivity contribution in [3.63, 3.8) is 0 Å². The second-order valence-electron chi connectivity index (χ2n) is 18.5. The van der Waals surface area contributed by atoms with Gasteiger partial charge in [-0.05, 0) is 65.9 Å². The Morgan fingerprint density at radius 3 is 0.844 bits per heavy atom. The number of hydrogen-bond acceptors (Lipinski definition) is 1. The first-order valence-corrected chi connectivity index (χ1v) is 21.2. The minimum atomic E-state index is 0.0380. The molecule has 0 spiro atoms. The average molecular weight is 809 g/mol. The Morgan fingerprint density at radius 1 is 0.444 bits per heavy atom. The summed E-state index contributed by atoms with van der Waals surface area (Å²) in [5.41, 5.74) is 8.88. The van der Waals surface area contributed by atoms with E-state index in [-0.39, 0.29) is 52.0 Å². The van der Waals surface area contributed by atoms with Gasteiger partial charge in [-0.3, -0.25) is 0 Å². The largest absolute Gasteiger partial charge is 0.449 e. The monoisotopic (exact) mass is 806 g/mol. The third-order valence-corrected chi connectivity index (χ3v) is 14.1. The topological polar surface area (TPSA) is 9.23 Å². The highest BCUT2D eigenvalue weighted by atomic mass is 79.9. The lowest BCUT2D eigenvalue weighted by atomic mass is 9.75. The van der Waals surface area contributed by atoms with Crippen molar-refractivity contribution in [2.24, 2.45) is 0 Å². The van der Waals surface area contributed by atoms with Crippen molar-refractivity contribution in [1.29, 1.82) is 0 Å². The molecule has 0 amide bonds. The molecular formula is C38H58Br2OP2Si2. The van der Waals surface area contributed by atoms with Crippen LogP contribution >= 0.6 is 48.3 Å². The zero-order valence-electron chi connectivity index (χ0n) is 31.4. The van der Waals surface area contributed by atoms with Crippen LogP contribution in [-0.4, -0.2) is 27.2 Å². The number of benzene rings is 2. The fourth-order valence-corrected chi connectivity index (χ4v) is 12.7. The van der Waals surface area contributed by atoms with Crippen LogP contribution in [0.25, 0.3) is 0 Å². The van der Waals surface area contributed by atoms with E-state index in [2.05, 4.69) is 181 Å². The third-order valence-electron chi connectivity index (χ3n) is 7.87. The molecular weight excluding hydrogens is 750 g/mol. The molecule has 0 bridgehead atoms. The summed E-state index contributed by atoms with van der Waals surface area (Å²) in [4.78, 5) is 0. The third kappa shape index (κ3) is 11.6. The minimum absolute atomic E-state index is 0.0380. The summed E-state index contributed by atoms with van der Waals surface area (Å²) in [5.74, 6) is 0. The summed E-state index contributed by atoms with van der Waals surface area (Å²) in [6.07, 6.45) is 0.